The number of hydrogen-bond acceptors (Lipinski definition) is 11. The zero-order valence-corrected chi connectivity index (χ0v) is 26.8. The van der Waals surface area contributed by atoms with Gasteiger partial charge in [-0.05, 0) is 42.8 Å². The van der Waals surface area contributed by atoms with E-state index in [2.05, 4.69) is 30.9 Å². The molecule has 1 fully saturated rings. The molecule has 0 aliphatic carbocycles. The molecule has 4 N–H and O–H groups in total. The molecule has 17 nitrogen and oxygen atoms in total. The summed E-state index contributed by atoms with van der Waals surface area (Å²) in [6.45, 7) is 2.73. The number of aromatic amines is 1. The molecule has 4 aromatic rings. The highest BCUT2D eigenvalue weighted by atomic mass is 19.4. The molecule has 0 spiro atoms. The minimum Gasteiger partial charge on any atom is -0.481 e. The van der Waals surface area contributed by atoms with E-state index in [4.69, 9.17) is 19.4 Å². The summed E-state index contributed by atoms with van der Waals surface area (Å²) in [5.74, 6) is -5.29. The number of H-pyrrole nitrogens is 1. The van der Waals surface area contributed by atoms with Gasteiger partial charge in [-0.15, -0.1) is 10.2 Å². The maximum atomic E-state index is 13.1. The average Bonchev–Trinajstić information content (AvgIpc) is 3.65. The van der Waals surface area contributed by atoms with Crippen LogP contribution in [0.2, 0.25) is 0 Å². The molecule has 2 aromatic carbocycles. The Labute approximate surface area is 286 Å². The predicted molar refractivity (Wildman–Crippen MR) is 168 cm³/mol. The maximum Gasteiger partial charge on any atom is 0.490 e. The van der Waals surface area contributed by atoms with Crippen molar-refractivity contribution < 1.29 is 56.8 Å². The Morgan fingerprint density at radius 2 is 1.67 bits per heavy atom. The number of aliphatic carboxylic acids is 2. The summed E-state index contributed by atoms with van der Waals surface area (Å²) in [5, 5.41) is 34.2. The number of para-hydroxylation sites is 1. The number of hydrogen-bond donors (Lipinski definition) is 4. The molecule has 2 aromatic heterocycles. The van der Waals surface area contributed by atoms with Crippen molar-refractivity contribution in [1.29, 1.82) is 0 Å². The number of carboxylic acid groups (broad SMARTS) is 2. The summed E-state index contributed by atoms with van der Waals surface area (Å²) in [7, 11) is 0. The van der Waals surface area contributed by atoms with Gasteiger partial charge in [0.25, 0.3) is 5.91 Å². The van der Waals surface area contributed by atoms with Crippen molar-refractivity contribution in [2.24, 2.45) is 5.92 Å². The third-order valence-electron chi connectivity index (χ3n) is 7.25. The first-order chi connectivity index (χ1) is 24.3. The van der Waals surface area contributed by atoms with Gasteiger partial charge in [-0.3, -0.25) is 14.4 Å². The fraction of sp³-hybridized carbons (Fsp3) is 0.323. The number of nitrogens with zero attached hydrogens (tertiary/aromatic N) is 6. The summed E-state index contributed by atoms with van der Waals surface area (Å²) >= 11 is 0. The minimum absolute atomic E-state index is 0.0568. The second kappa shape index (κ2) is 16.9. The lowest BCUT2D eigenvalue weighted by Gasteiger charge is -2.35. The van der Waals surface area contributed by atoms with Crippen LogP contribution >= 0.6 is 0 Å². The van der Waals surface area contributed by atoms with E-state index in [-0.39, 0.29) is 51.4 Å². The Morgan fingerprint density at radius 3 is 2.29 bits per heavy atom. The van der Waals surface area contributed by atoms with Crippen LogP contribution in [-0.4, -0.2) is 121 Å². The largest absolute Gasteiger partial charge is 0.490 e. The fourth-order valence-electron chi connectivity index (χ4n) is 4.77. The molecule has 1 unspecified atom stereocenters. The molecule has 0 radical (unpaired) electrons. The van der Waals surface area contributed by atoms with Gasteiger partial charge in [-0.25, -0.2) is 14.6 Å². The van der Waals surface area contributed by atoms with Crippen molar-refractivity contribution in [2.45, 2.75) is 19.5 Å². The molecular weight excluding hydrogens is 685 g/mol. The first kappa shape index (κ1) is 37.5. The van der Waals surface area contributed by atoms with Crippen LogP contribution in [0.3, 0.4) is 0 Å². The molecule has 3 amide bonds. The van der Waals surface area contributed by atoms with Crippen LogP contribution in [0, 0.1) is 5.92 Å². The van der Waals surface area contributed by atoms with Crippen LogP contribution in [-0.2, 0) is 19.1 Å². The number of halogens is 3. The normalized spacial score (nSPS) is 13.4. The first-order valence-electron chi connectivity index (χ1n) is 15.2. The fourth-order valence-corrected chi connectivity index (χ4v) is 4.77. The van der Waals surface area contributed by atoms with Crippen molar-refractivity contribution >= 4 is 40.7 Å². The number of carbonyl (C=O) groups is 5. The Bertz CT molecular complexity index is 1870. The predicted octanol–water partition coefficient (Wildman–Crippen LogP) is 2.96. The van der Waals surface area contributed by atoms with E-state index >= 15 is 0 Å². The lowest BCUT2D eigenvalue weighted by Crippen LogP contribution is -2.53. The van der Waals surface area contributed by atoms with Gasteiger partial charge in [0, 0.05) is 49.7 Å². The Kier molecular flexibility index (Phi) is 12.4. The van der Waals surface area contributed by atoms with Gasteiger partial charge in [0.15, 0.2) is 0 Å². The standard InChI is InChI=1S/C29H30N8O7.C2HF3O2/c1-2-43-29(42)37-14-12-36(13-15-37)27(39)21(28(40)41)10-11-30-26(38)23-17-24(20-8-3-4-9-22(20)31-23)44-19-7-5-6-18(16-19)25-32-34-35-33-25;3-2(4,5)1(6)7/h3-9,16-17,21H,2,10-15H2,1H3,(H,30,38)(H,40,41)(H,32,33,34,35);(H,6,7). The number of carbonyl (C=O) groups excluding carboxylic acids is 3. The van der Waals surface area contributed by atoms with Crippen LogP contribution < -0.4 is 10.1 Å². The number of aromatic nitrogens is 5. The van der Waals surface area contributed by atoms with Crippen LogP contribution in [0.1, 0.15) is 23.8 Å². The summed E-state index contributed by atoms with van der Waals surface area (Å²) in [6, 6.07) is 15.7. The molecule has 5 rings (SSSR count). The highest BCUT2D eigenvalue weighted by Crippen LogP contribution is 2.31. The van der Waals surface area contributed by atoms with Crippen LogP contribution in [0.5, 0.6) is 11.5 Å². The summed E-state index contributed by atoms with van der Waals surface area (Å²) in [6.07, 6.45) is -5.68. The number of fused-ring (bicyclic) bond motifs is 1. The number of alkyl halides is 3. The van der Waals surface area contributed by atoms with Crippen molar-refractivity contribution in [3.05, 3.63) is 60.3 Å². The van der Waals surface area contributed by atoms with Crippen LogP contribution in [0.25, 0.3) is 22.3 Å². The number of carboxylic acids is 2. The van der Waals surface area contributed by atoms with Gasteiger partial charge < -0.3 is 34.8 Å². The molecule has 0 saturated carbocycles. The Hall–Kier alpha value is -6.34. The zero-order valence-electron chi connectivity index (χ0n) is 26.8. The Morgan fingerprint density at radius 1 is 0.980 bits per heavy atom. The van der Waals surface area contributed by atoms with Gasteiger partial charge in [0.2, 0.25) is 11.7 Å². The van der Waals surface area contributed by atoms with E-state index in [1.807, 2.05) is 12.1 Å². The number of piperazine rings is 1. The highest BCUT2D eigenvalue weighted by molar-refractivity contribution is 5.98. The number of tetrazole rings is 1. The van der Waals surface area contributed by atoms with Crippen LogP contribution in [0.15, 0.2) is 54.6 Å². The number of ether oxygens (including phenoxy) is 2. The van der Waals surface area contributed by atoms with E-state index in [1.165, 1.54) is 15.9 Å². The number of rotatable bonds is 10. The van der Waals surface area contributed by atoms with Crippen molar-refractivity contribution in [1.82, 2.24) is 40.7 Å². The van der Waals surface area contributed by atoms with Gasteiger partial charge in [0.05, 0.1) is 12.1 Å². The smallest absolute Gasteiger partial charge is 0.481 e. The molecule has 1 saturated heterocycles. The van der Waals surface area contributed by atoms with Gasteiger partial charge in [-0.1, -0.05) is 24.3 Å². The molecular formula is C31H31F3N8O9. The summed E-state index contributed by atoms with van der Waals surface area (Å²) < 4.78 is 42.9. The molecule has 1 atom stereocenters. The van der Waals surface area contributed by atoms with Crippen molar-refractivity contribution in [3.63, 3.8) is 0 Å². The molecule has 51 heavy (non-hydrogen) atoms. The number of nitrogens with one attached hydrogen (secondary N) is 2. The second-order valence-corrected chi connectivity index (χ2v) is 10.6. The van der Waals surface area contributed by atoms with Gasteiger partial charge in [-0.2, -0.15) is 18.4 Å². The SMILES string of the molecule is CCOC(=O)N1CCN(C(=O)C(CCNC(=O)c2cc(Oc3cccc(-c4nn[nH]n4)c3)c3ccccc3n2)C(=O)O)CC1.O=C(O)C(F)(F)F. The summed E-state index contributed by atoms with van der Waals surface area (Å²) in [5.41, 5.74) is 1.25. The molecule has 20 heteroatoms. The quantitative estimate of drug-likeness (QED) is 0.173. The average molecular weight is 717 g/mol. The number of pyridine rings is 1. The van der Waals surface area contributed by atoms with Gasteiger partial charge >= 0.3 is 24.2 Å². The third kappa shape index (κ3) is 10.1. The molecule has 270 valence electrons. The minimum atomic E-state index is -5.08. The van der Waals surface area contributed by atoms with E-state index < -0.39 is 41.9 Å². The maximum absolute atomic E-state index is 13.1. The van der Waals surface area contributed by atoms with E-state index in [1.54, 1.807) is 43.3 Å². The lowest BCUT2D eigenvalue weighted by molar-refractivity contribution is -0.192. The highest BCUT2D eigenvalue weighted by Gasteiger charge is 2.38. The van der Waals surface area contributed by atoms with Gasteiger partial charge in [0.1, 0.15) is 23.1 Å². The van der Waals surface area contributed by atoms with E-state index in [0.29, 0.717) is 33.8 Å². The second-order valence-electron chi connectivity index (χ2n) is 10.6. The summed E-state index contributed by atoms with van der Waals surface area (Å²) in [4.78, 5) is 66.3. The van der Waals surface area contributed by atoms with Crippen LogP contribution in [0.4, 0.5) is 18.0 Å². The number of benzene rings is 2. The van der Waals surface area contributed by atoms with E-state index in [9.17, 15) is 37.5 Å². The molecule has 1 aliphatic heterocycles. The van der Waals surface area contributed by atoms with Crippen molar-refractivity contribution in [3.8, 4) is 22.9 Å². The number of amides is 3. The molecule has 3 heterocycles. The lowest BCUT2D eigenvalue weighted by atomic mass is 10.0. The monoisotopic (exact) mass is 716 g/mol. The topological polar surface area (TPSA) is 230 Å². The zero-order chi connectivity index (χ0) is 37.1. The Balaban J connectivity index is 0.000000755. The van der Waals surface area contributed by atoms with E-state index in [0.717, 1.165) is 0 Å². The van der Waals surface area contributed by atoms with Crippen molar-refractivity contribution in [2.75, 3.05) is 39.3 Å². The third-order valence-corrected chi connectivity index (χ3v) is 7.25. The first-order valence-corrected chi connectivity index (χ1v) is 15.2. The molecule has 0 bridgehead atoms. The molecule has 1 aliphatic rings.